The van der Waals surface area contributed by atoms with Gasteiger partial charge in [-0.05, 0) is 24.3 Å². The molecule has 5 heteroatoms. The fourth-order valence-electron chi connectivity index (χ4n) is 1.58. The van der Waals surface area contributed by atoms with Crippen LogP contribution < -0.4 is 4.90 Å². The summed E-state index contributed by atoms with van der Waals surface area (Å²) in [5.74, 6) is -0.0908. The van der Waals surface area contributed by atoms with E-state index in [1.54, 1.807) is 7.05 Å². The van der Waals surface area contributed by atoms with Crippen LogP contribution in [0, 0.1) is 0 Å². The molecule has 1 aromatic carbocycles. The van der Waals surface area contributed by atoms with Gasteiger partial charge in [-0.1, -0.05) is 15.9 Å². The van der Waals surface area contributed by atoms with Gasteiger partial charge >= 0.3 is 0 Å². The Labute approximate surface area is 102 Å². The molecular weight excluding hydrogens is 272 g/mol. The number of carbonyl (C=O) groups excluding carboxylic acids is 2. The van der Waals surface area contributed by atoms with Crippen molar-refractivity contribution in [2.24, 2.45) is 0 Å². The molecule has 1 fully saturated rings. The average Bonchev–Trinajstić information content (AvgIpc) is 2.25. The van der Waals surface area contributed by atoms with E-state index in [-0.39, 0.29) is 24.9 Å². The van der Waals surface area contributed by atoms with Crippen LogP contribution in [0.15, 0.2) is 28.7 Å². The maximum absolute atomic E-state index is 11.8. The maximum atomic E-state index is 11.8. The second-order valence-electron chi connectivity index (χ2n) is 3.71. The molecule has 0 unspecified atom stereocenters. The summed E-state index contributed by atoms with van der Waals surface area (Å²) in [6.45, 7) is 0.270. The predicted octanol–water partition coefficient (Wildman–Crippen LogP) is 1.25. The van der Waals surface area contributed by atoms with E-state index in [2.05, 4.69) is 15.9 Å². The largest absolute Gasteiger partial charge is 0.335 e. The first-order valence-electron chi connectivity index (χ1n) is 4.88. The quantitative estimate of drug-likeness (QED) is 0.778. The fourth-order valence-corrected chi connectivity index (χ4v) is 1.84. The lowest BCUT2D eigenvalue weighted by molar-refractivity contribution is -0.136. The molecule has 1 saturated heterocycles. The van der Waals surface area contributed by atoms with Gasteiger partial charge in [0.15, 0.2) is 0 Å². The van der Waals surface area contributed by atoms with Gasteiger partial charge in [0, 0.05) is 17.2 Å². The van der Waals surface area contributed by atoms with Gasteiger partial charge in [0.05, 0.1) is 6.54 Å². The lowest BCUT2D eigenvalue weighted by Crippen LogP contribution is -2.52. The Bertz CT molecular complexity index is 430. The van der Waals surface area contributed by atoms with Crippen LogP contribution in [-0.4, -0.2) is 36.9 Å². The molecule has 0 spiro atoms. The highest BCUT2D eigenvalue weighted by molar-refractivity contribution is 9.10. The zero-order valence-corrected chi connectivity index (χ0v) is 10.4. The number of amides is 2. The summed E-state index contributed by atoms with van der Waals surface area (Å²) < 4.78 is 0.948. The van der Waals surface area contributed by atoms with Crippen molar-refractivity contribution in [1.82, 2.24) is 4.90 Å². The van der Waals surface area contributed by atoms with Crippen LogP contribution in [0.1, 0.15) is 0 Å². The molecule has 1 aliphatic rings. The van der Waals surface area contributed by atoms with Crippen LogP contribution in [0.5, 0.6) is 0 Å². The molecule has 1 aromatic rings. The van der Waals surface area contributed by atoms with Crippen molar-refractivity contribution in [2.75, 3.05) is 25.0 Å². The second-order valence-corrected chi connectivity index (χ2v) is 4.62. The highest BCUT2D eigenvalue weighted by Gasteiger charge is 2.28. The first-order chi connectivity index (χ1) is 7.58. The third-order valence-electron chi connectivity index (χ3n) is 2.53. The van der Waals surface area contributed by atoms with Crippen molar-refractivity contribution in [3.8, 4) is 0 Å². The zero-order chi connectivity index (χ0) is 11.7. The molecule has 0 bridgehead atoms. The van der Waals surface area contributed by atoms with Gasteiger partial charge in [0.2, 0.25) is 11.8 Å². The molecule has 0 saturated carbocycles. The number of piperazine rings is 1. The minimum absolute atomic E-state index is 0.0393. The van der Waals surface area contributed by atoms with Gasteiger partial charge < -0.3 is 9.80 Å². The molecule has 2 amide bonds. The smallest absolute Gasteiger partial charge is 0.247 e. The molecule has 0 radical (unpaired) electrons. The second kappa shape index (κ2) is 4.25. The number of likely N-dealkylation sites (N-methyl/N-ethyl adjacent to an activating group) is 1. The molecule has 1 aliphatic heterocycles. The maximum Gasteiger partial charge on any atom is 0.247 e. The van der Waals surface area contributed by atoms with Gasteiger partial charge in [-0.15, -0.1) is 0 Å². The first-order valence-corrected chi connectivity index (χ1v) is 5.67. The third-order valence-corrected chi connectivity index (χ3v) is 3.06. The van der Waals surface area contributed by atoms with Crippen LogP contribution >= 0.6 is 15.9 Å². The van der Waals surface area contributed by atoms with Crippen molar-refractivity contribution in [2.45, 2.75) is 0 Å². The highest BCUT2D eigenvalue weighted by atomic mass is 79.9. The number of hydrogen-bond donors (Lipinski definition) is 0. The summed E-state index contributed by atoms with van der Waals surface area (Å²) in [7, 11) is 1.64. The average molecular weight is 283 g/mol. The Morgan fingerprint density at radius 3 is 2.31 bits per heavy atom. The number of hydrogen-bond acceptors (Lipinski definition) is 2. The van der Waals surface area contributed by atoms with E-state index < -0.39 is 0 Å². The zero-order valence-electron chi connectivity index (χ0n) is 8.81. The molecule has 0 N–H and O–H groups in total. The highest BCUT2D eigenvalue weighted by Crippen LogP contribution is 2.20. The van der Waals surface area contributed by atoms with E-state index in [0.29, 0.717) is 0 Å². The van der Waals surface area contributed by atoms with E-state index in [4.69, 9.17) is 0 Å². The minimum Gasteiger partial charge on any atom is -0.335 e. The van der Waals surface area contributed by atoms with Crippen molar-refractivity contribution >= 4 is 33.4 Å². The van der Waals surface area contributed by atoms with Gasteiger partial charge in [-0.2, -0.15) is 0 Å². The summed E-state index contributed by atoms with van der Waals surface area (Å²) in [5, 5.41) is 0. The molecule has 16 heavy (non-hydrogen) atoms. The van der Waals surface area contributed by atoms with Gasteiger partial charge in [-0.25, -0.2) is 0 Å². The standard InChI is InChI=1S/C11H11BrN2O2/c1-13-6-11(16)14(7-10(13)15)9-4-2-8(12)3-5-9/h2-5H,6-7H2,1H3. The number of carbonyl (C=O) groups is 2. The summed E-state index contributed by atoms with van der Waals surface area (Å²) in [5.41, 5.74) is 0.759. The Hall–Kier alpha value is -1.36. The summed E-state index contributed by atoms with van der Waals surface area (Å²) in [6, 6.07) is 7.35. The monoisotopic (exact) mass is 282 g/mol. The van der Waals surface area contributed by atoms with Crippen molar-refractivity contribution < 1.29 is 9.59 Å². The third kappa shape index (κ3) is 2.09. The molecule has 84 valence electrons. The van der Waals surface area contributed by atoms with Gasteiger partial charge in [-0.3, -0.25) is 9.59 Å². The van der Waals surface area contributed by atoms with Crippen molar-refractivity contribution in [3.63, 3.8) is 0 Å². The Morgan fingerprint density at radius 2 is 1.69 bits per heavy atom. The van der Waals surface area contributed by atoms with Crippen LogP contribution in [0.2, 0.25) is 0 Å². The summed E-state index contributed by atoms with van der Waals surface area (Å²) >= 11 is 3.33. The normalized spacial score (nSPS) is 16.9. The van der Waals surface area contributed by atoms with E-state index in [9.17, 15) is 9.59 Å². The molecule has 4 nitrogen and oxygen atoms in total. The summed E-state index contributed by atoms with van der Waals surface area (Å²) in [4.78, 5) is 26.2. The SMILES string of the molecule is CN1CC(=O)N(c2ccc(Br)cc2)CC1=O. The van der Waals surface area contributed by atoms with E-state index in [1.165, 1.54) is 9.80 Å². The fraction of sp³-hybridized carbons (Fsp3) is 0.273. The first kappa shape index (κ1) is 11.1. The summed E-state index contributed by atoms with van der Waals surface area (Å²) in [6.07, 6.45) is 0. The lowest BCUT2D eigenvalue weighted by atomic mass is 10.2. The Balaban J connectivity index is 2.24. The number of nitrogens with zero attached hydrogens (tertiary/aromatic N) is 2. The van der Waals surface area contributed by atoms with Crippen LogP contribution in [0.25, 0.3) is 0 Å². The lowest BCUT2D eigenvalue weighted by Gasteiger charge is -2.31. The molecule has 0 aliphatic carbocycles. The number of rotatable bonds is 1. The Kier molecular flexibility index (Phi) is 2.96. The van der Waals surface area contributed by atoms with Crippen LogP contribution in [-0.2, 0) is 9.59 Å². The van der Waals surface area contributed by atoms with E-state index >= 15 is 0 Å². The number of anilines is 1. The van der Waals surface area contributed by atoms with Gasteiger partial charge in [0.25, 0.3) is 0 Å². The van der Waals surface area contributed by atoms with Crippen molar-refractivity contribution in [3.05, 3.63) is 28.7 Å². The topological polar surface area (TPSA) is 40.6 Å². The molecule has 2 rings (SSSR count). The van der Waals surface area contributed by atoms with Crippen LogP contribution in [0.3, 0.4) is 0 Å². The van der Waals surface area contributed by atoms with E-state index in [1.807, 2.05) is 24.3 Å². The van der Waals surface area contributed by atoms with Gasteiger partial charge in [0.1, 0.15) is 6.54 Å². The van der Waals surface area contributed by atoms with Crippen LogP contribution in [0.4, 0.5) is 5.69 Å². The van der Waals surface area contributed by atoms with Crippen molar-refractivity contribution in [1.29, 1.82) is 0 Å². The van der Waals surface area contributed by atoms with E-state index in [0.717, 1.165) is 10.2 Å². The molecule has 0 atom stereocenters. The predicted molar refractivity (Wildman–Crippen MR) is 64.1 cm³/mol. The Morgan fingerprint density at radius 1 is 1.06 bits per heavy atom. The molecular formula is C11H11BrN2O2. The number of halogens is 1. The number of benzene rings is 1. The minimum atomic E-state index is -0.0515. The molecule has 0 aromatic heterocycles. The molecule has 1 heterocycles.